The molecule has 0 aromatic heterocycles. The number of hydrogen-bond donors (Lipinski definition) is 2. The van der Waals surface area contributed by atoms with Crippen LogP contribution in [0.4, 0.5) is 5.69 Å². The number of amides is 1. The highest BCUT2D eigenvalue weighted by atomic mass is 127. The SMILES string of the molecule is CN=C(NCc1ccccc1N1CCOCC1)N1CCC(CC(=O)NC)CC1.I. The van der Waals surface area contributed by atoms with Crippen molar-refractivity contribution in [2.75, 3.05) is 58.4 Å². The summed E-state index contributed by atoms with van der Waals surface area (Å²) >= 11 is 0. The van der Waals surface area contributed by atoms with Gasteiger partial charge >= 0.3 is 0 Å². The van der Waals surface area contributed by atoms with Gasteiger partial charge in [-0.3, -0.25) is 9.79 Å². The van der Waals surface area contributed by atoms with Gasteiger partial charge in [0, 0.05) is 58.9 Å². The summed E-state index contributed by atoms with van der Waals surface area (Å²) in [5.74, 6) is 1.55. The first-order valence-electron chi connectivity index (χ1n) is 10.3. The number of morpholine rings is 1. The van der Waals surface area contributed by atoms with E-state index < -0.39 is 0 Å². The fourth-order valence-corrected chi connectivity index (χ4v) is 3.99. The molecule has 7 nitrogen and oxygen atoms in total. The zero-order chi connectivity index (χ0) is 19.8. The molecule has 2 saturated heterocycles. The number of para-hydroxylation sites is 1. The van der Waals surface area contributed by atoms with Crippen LogP contribution in [0.25, 0.3) is 0 Å². The maximum Gasteiger partial charge on any atom is 0.220 e. The lowest BCUT2D eigenvalue weighted by Gasteiger charge is -2.34. The van der Waals surface area contributed by atoms with Crippen LogP contribution in [0.5, 0.6) is 0 Å². The molecule has 2 heterocycles. The van der Waals surface area contributed by atoms with Gasteiger partial charge in [0.15, 0.2) is 5.96 Å². The highest BCUT2D eigenvalue weighted by Crippen LogP contribution is 2.23. The fraction of sp³-hybridized carbons (Fsp3) is 0.619. The minimum atomic E-state index is 0. The second kappa shape index (κ2) is 12.2. The number of hydrogen-bond acceptors (Lipinski definition) is 4. The molecule has 2 N–H and O–H groups in total. The molecule has 8 heteroatoms. The van der Waals surface area contributed by atoms with Gasteiger partial charge in [0.25, 0.3) is 0 Å². The van der Waals surface area contributed by atoms with E-state index in [-0.39, 0.29) is 29.9 Å². The summed E-state index contributed by atoms with van der Waals surface area (Å²) in [6.45, 7) is 6.06. The molecule has 1 aromatic carbocycles. The zero-order valence-electron chi connectivity index (χ0n) is 17.5. The number of carbonyl (C=O) groups excluding carboxylic acids is 1. The number of anilines is 1. The Morgan fingerprint density at radius 1 is 1.17 bits per heavy atom. The molecule has 162 valence electrons. The molecule has 0 bridgehead atoms. The molecule has 2 aliphatic rings. The summed E-state index contributed by atoms with van der Waals surface area (Å²) in [6.07, 6.45) is 2.68. The molecule has 0 aliphatic carbocycles. The third-order valence-electron chi connectivity index (χ3n) is 5.66. The molecule has 29 heavy (non-hydrogen) atoms. The third kappa shape index (κ3) is 6.74. The van der Waals surface area contributed by atoms with Crippen LogP contribution in [-0.4, -0.2) is 70.3 Å². The van der Waals surface area contributed by atoms with Crippen LogP contribution in [-0.2, 0) is 16.1 Å². The third-order valence-corrected chi connectivity index (χ3v) is 5.66. The number of likely N-dealkylation sites (tertiary alicyclic amines) is 1. The number of aliphatic imine (C=N–C) groups is 1. The fourth-order valence-electron chi connectivity index (χ4n) is 3.99. The first-order valence-corrected chi connectivity index (χ1v) is 10.3. The quantitative estimate of drug-likeness (QED) is 0.357. The number of guanidine groups is 1. The van der Waals surface area contributed by atoms with Crippen LogP contribution in [0.2, 0.25) is 0 Å². The maximum absolute atomic E-state index is 11.6. The number of nitrogens with one attached hydrogen (secondary N) is 2. The van der Waals surface area contributed by atoms with Crippen molar-refractivity contribution < 1.29 is 9.53 Å². The second-order valence-electron chi connectivity index (χ2n) is 7.44. The summed E-state index contributed by atoms with van der Waals surface area (Å²) in [6, 6.07) is 8.56. The molecular weight excluding hydrogens is 481 g/mol. The van der Waals surface area contributed by atoms with Crippen LogP contribution in [0.3, 0.4) is 0 Å². The average Bonchev–Trinajstić information content (AvgIpc) is 2.76. The van der Waals surface area contributed by atoms with Crippen LogP contribution < -0.4 is 15.5 Å². The average molecular weight is 515 g/mol. The Morgan fingerprint density at radius 2 is 1.86 bits per heavy atom. The minimum Gasteiger partial charge on any atom is -0.378 e. The van der Waals surface area contributed by atoms with Crippen LogP contribution in [0.1, 0.15) is 24.8 Å². The van der Waals surface area contributed by atoms with Crippen molar-refractivity contribution in [3.05, 3.63) is 29.8 Å². The number of halogens is 1. The van der Waals surface area contributed by atoms with Crippen molar-refractivity contribution in [3.8, 4) is 0 Å². The van der Waals surface area contributed by atoms with Gasteiger partial charge in [-0.05, 0) is 30.4 Å². The van der Waals surface area contributed by atoms with Crippen molar-refractivity contribution in [3.63, 3.8) is 0 Å². The van der Waals surface area contributed by atoms with Gasteiger partial charge in [-0.15, -0.1) is 24.0 Å². The van der Waals surface area contributed by atoms with Crippen molar-refractivity contribution in [2.24, 2.45) is 10.9 Å². The molecule has 1 aromatic rings. The summed E-state index contributed by atoms with van der Waals surface area (Å²) < 4.78 is 5.49. The number of ether oxygens (including phenoxy) is 1. The van der Waals surface area contributed by atoms with E-state index >= 15 is 0 Å². The summed E-state index contributed by atoms with van der Waals surface area (Å²) in [7, 11) is 3.55. The highest BCUT2D eigenvalue weighted by molar-refractivity contribution is 14.0. The second-order valence-corrected chi connectivity index (χ2v) is 7.44. The zero-order valence-corrected chi connectivity index (χ0v) is 19.9. The van der Waals surface area contributed by atoms with Gasteiger partial charge in [-0.2, -0.15) is 0 Å². The number of rotatable bonds is 5. The number of benzene rings is 1. The van der Waals surface area contributed by atoms with E-state index in [0.29, 0.717) is 12.3 Å². The van der Waals surface area contributed by atoms with Gasteiger partial charge < -0.3 is 25.2 Å². The van der Waals surface area contributed by atoms with E-state index in [4.69, 9.17) is 4.74 Å². The molecule has 2 fully saturated rings. The molecular formula is C21H34IN5O2. The lowest BCUT2D eigenvalue weighted by atomic mass is 9.93. The predicted octanol–water partition coefficient (Wildman–Crippen LogP) is 2.06. The largest absolute Gasteiger partial charge is 0.378 e. The topological polar surface area (TPSA) is 69.2 Å². The monoisotopic (exact) mass is 515 g/mol. The smallest absolute Gasteiger partial charge is 0.220 e. The van der Waals surface area contributed by atoms with E-state index in [1.165, 1.54) is 11.3 Å². The first kappa shape index (κ1) is 23.7. The van der Waals surface area contributed by atoms with Crippen LogP contribution in [0, 0.1) is 5.92 Å². The Kier molecular flexibility index (Phi) is 9.99. The lowest BCUT2D eigenvalue weighted by Crippen LogP contribution is -2.46. The van der Waals surface area contributed by atoms with E-state index in [1.807, 2.05) is 7.05 Å². The molecule has 0 spiro atoms. The van der Waals surface area contributed by atoms with E-state index in [2.05, 4.69) is 49.7 Å². The van der Waals surface area contributed by atoms with Gasteiger partial charge in [0.1, 0.15) is 0 Å². The molecule has 0 atom stereocenters. The Hall–Kier alpha value is -1.55. The Morgan fingerprint density at radius 3 is 2.52 bits per heavy atom. The van der Waals surface area contributed by atoms with E-state index in [9.17, 15) is 4.79 Å². The Bertz CT molecular complexity index is 671. The van der Waals surface area contributed by atoms with Crippen molar-refractivity contribution in [1.82, 2.24) is 15.5 Å². The molecule has 2 aliphatic heterocycles. The number of nitrogens with zero attached hydrogens (tertiary/aromatic N) is 3. The molecule has 1 amide bonds. The Labute approximate surface area is 191 Å². The minimum absolute atomic E-state index is 0. The molecule has 0 radical (unpaired) electrons. The standard InChI is InChI=1S/C21H33N5O2.HI/c1-22-20(27)15-17-7-9-26(10-8-17)21(23-2)24-16-18-5-3-4-6-19(18)25-11-13-28-14-12-25;/h3-6,17H,7-16H2,1-2H3,(H,22,27)(H,23,24);1H. The number of carbonyl (C=O) groups is 1. The normalized spacial score (nSPS) is 18.2. The molecule has 3 rings (SSSR count). The first-order chi connectivity index (χ1) is 13.7. The summed E-state index contributed by atoms with van der Waals surface area (Å²) in [4.78, 5) is 20.8. The Balaban J connectivity index is 0.00000300. The van der Waals surface area contributed by atoms with Crippen molar-refractivity contribution in [1.29, 1.82) is 0 Å². The number of piperidine rings is 1. The van der Waals surface area contributed by atoms with Crippen molar-refractivity contribution in [2.45, 2.75) is 25.8 Å². The summed E-state index contributed by atoms with van der Waals surface area (Å²) in [5, 5.41) is 6.27. The van der Waals surface area contributed by atoms with E-state index in [1.54, 1.807) is 7.05 Å². The van der Waals surface area contributed by atoms with Gasteiger partial charge in [-0.25, -0.2) is 0 Å². The van der Waals surface area contributed by atoms with Gasteiger partial charge in [0.05, 0.1) is 13.2 Å². The van der Waals surface area contributed by atoms with Crippen LogP contribution in [0.15, 0.2) is 29.3 Å². The predicted molar refractivity (Wildman–Crippen MR) is 128 cm³/mol. The highest BCUT2D eigenvalue weighted by Gasteiger charge is 2.23. The van der Waals surface area contributed by atoms with Gasteiger partial charge in [0.2, 0.25) is 5.91 Å². The summed E-state index contributed by atoms with van der Waals surface area (Å²) in [5.41, 5.74) is 2.55. The maximum atomic E-state index is 11.6. The van der Waals surface area contributed by atoms with E-state index in [0.717, 1.165) is 64.7 Å². The van der Waals surface area contributed by atoms with Crippen LogP contribution >= 0.6 is 24.0 Å². The van der Waals surface area contributed by atoms with Gasteiger partial charge in [-0.1, -0.05) is 18.2 Å². The lowest BCUT2D eigenvalue weighted by molar-refractivity contribution is -0.121. The molecule has 0 saturated carbocycles. The molecule has 0 unspecified atom stereocenters. The van der Waals surface area contributed by atoms with Crippen molar-refractivity contribution >= 4 is 41.5 Å².